The molecule has 3 nitrogen and oxygen atoms in total. The van der Waals surface area contributed by atoms with Crippen molar-refractivity contribution in [1.82, 2.24) is 0 Å². The van der Waals surface area contributed by atoms with Gasteiger partial charge in [0.25, 0.3) is 0 Å². The fraction of sp³-hybridized carbons (Fsp3) is 0.571. The second-order valence-electron chi connectivity index (χ2n) is 4.73. The zero-order valence-corrected chi connectivity index (χ0v) is 12.5. The van der Waals surface area contributed by atoms with Gasteiger partial charge in [-0.05, 0) is 31.0 Å². The summed E-state index contributed by atoms with van der Waals surface area (Å²) >= 11 is 3.53. The molecule has 18 heavy (non-hydrogen) atoms. The zero-order chi connectivity index (χ0) is 13.1. The van der Waals surface area contributed by atoms with Crippen LogP contribution < -0.4 is 4.90 Å². The van der Waals surface area contributed by atoms with Gasteiger partial charge < -0.3 is 14.7 Å². The van der Waals surface area contributed by atoms with Crippen molar-refractivity contribution in [2.45, 2.75) is 32.5 Å². The van der Waals surface area contributed by atoms with Gasteiger partial charge in [0.1, 0.15) is 0 Å². The molecule has 1 heterocycles. The lowest BCUT2D eigenvalue weighted by Crippen LogP contribution is -2.42. The number of aliphatic hydroxyl groups excluding tert-OH is 1. The van der Waals surface area contributed by atoms with E-state index in [1.165, 1.54) is 5.69 Å². The molecule has 0 bridgehead atoms. The Morgan fingerprint density at radius 1 is 1.56 bits per heavy atom. The van der Waals surface area contributed by atoms with Crippen molar-refractivity contribution in [1.29, 1.82) is 0 Å². The molecule has 2 atom stereocenters. The summed E-state index contributed by atoms with van der Waals surface area (Å²) < 4.78 is 6.64. The predicted molar refractivity (Wildman–Crippen MR) is 77.0 cm³/mol. The minimum atomic E-state index is -0.443. The zero-order valence-electron chi connectivity index (χ0n) is 10.9. The number of aliphatic hydroxyl groups is 1. The Labute approximate surface area is 117 Å². The number of halogens is 1. The van der Waals surface area contributed by atoms with E-state index in [2.05, 4.69) is 39.9 Å². The van der Waals surface area contributed by atoms with Crippen LogP contribution in [-0.2, 0) is 4.74 Å². The minimum Gasteiger partial charge on any atom is -0.389 e. The molecule has 1 aromatic carbocycles. The Bertz CT molecular complexity index is 409. The van der Waals surface area contributed by atoms with E-state index in [9.17, 15) is 5.11 Å². The summed E-state index contributed by atoms with van der Waals surface area (Å²) in [7, 11) is 0. The second-order valence-corrected chi connectivity index (χ2v) is 5.58. The summed E-state index contributed by atoms with van der Waals surface area (Å²) in [5.41, 5.74) is 2.12. The van der Waals surface area contributed by atoms with Crippen molar-refractivity contribution in [3.63, 3.8) is 0 Å². The van der Waals surface area contributed by atoms with Gasteiger partial charge in [0.05, 0.1) is 18.8 Å². The molecule has 0 saturated carbocycles. The SMILES string of the molecule is CCC1CN(c2ccc([C@@H](C)O)c(Br)c2)CCO1. The molecule has 0 aromatic heterocycles. The average Bonchev–Trinajstić information content (AvgIpc) is 2.38. The maximum Gasteiger partial charge on any atom is 0.0772 e. The molecule has 0 radical (unpaired) electrons. The molecule has 1 aliphatic rings. The summed E-state index contributed by atoms with van der Waals surface area (Å²) in [5.74, 6) is 0. The Morgan fingerprint density at radius 3 is 2.94 bits per heavy atom. The number of hydrogen-bond donors (Lipinski definition) is 1. The van der Waals surface area contributed by atoms with Crippen LogP contribution in [0.25, 0.3) is 0 Å². The number of anilines is 1. The molecule has 4 heteroatoms. The van der Waals surface area contributed by atoms with Gasteiger partial charge >= 0.3 is 0 Å². The van der Waals surface area contributed by atoms with Crippen LogP contribution >= 0.6 is 15.9 Å². The maximum atomic E-state index is 9.62. The highest BCUT2D eigenvalue weighted by Crippen LogP contribution is 2.29. The summed E-state index contributed by atoms with van der Waals surface area (Å²) in [4.78, 5) is 2.34. The van der Waals surface area contributed by atoms with Crippen molar-refractivity contribution >= 4 is 21.6 Å². The van der Waals surface area contributed by atoms with Crippen LogP contribution in [0.4, 0.5) is 5.69 Å². The molecular formula is C14H20BrNO2. The van der Waals surface area contributed by atoms with Crippen LogP contribution in [-0.4, -0.2) is 30.9 Å². The third kappa shape index (κ3) is 3.05. The number of hydrogen-bond acceptors (Lipinski definition) is 3. The number of morpholine rings is 1. The van der Waals surface area contributed by atoms with E-state index in [-0.39, 0.29) is 0 Å². The van der Waals surface area contributed by atoms with E-state index in [4.69, 9.17) is 4.74 Å². The topological polar surface area (TPSA) is 32.7 Å². The summed E-state index contributed by atoms with van der Waals surface area (Å²) in [6.07, 6.45) is 0.930. The number of ether oxygens (including phenoxy) is 1. The molecular weight excluding hydrogens is 294 g/mol. The number of benzene rings is 1. The molecule has 1 N–H and O–H groups in total. The average molecular weight is 314 g/mol. The Balaban J connectivity index is 2.16. The van der Waals surface area contributed by atoms with Gasteiger partial charge in [-0.25, -0.2) is 0 Å². The van der Waals surface area contributed by atoms with Crippen molar-refractivity contribution in [3.8, 4) is 0 Å². The number of nitrogens with zero attached hydrogens (tertiary/aromatic N) is 1. The highest BCUT2D eigenvalue weighted by molar-refractivity contribution is 9.10. The van der Waals surface area contributed by atoms with E-state index in [1.54, 1.807) is 6.92 Å². The Kier molecular flexibility index (Phi) is 4.65. The summed E-state index contributed by atoms with van der Waals surface area (Å²) in [6.45, 7) is 6.59. The lowest BCUT2D eigenvalue weighted by molar-refractivity contribution is 0.0384. The first kappa shape index (κ1) is 13.8. The quantitative estimate of drug-likeness (QED) is 0.930. The van der Waals surface area contributed by atoms with Crippen LogP contribution in [0.3, 0.4) is 0 Å². The van der Waals surface area contributed by atoms with E-state index >= 15 is 0 Å². The molecule has 0 amide bonds. The molecule has 100 valence electrons. The van der Waals surface area contributed by atoms with Crippen molar-refractivity contribution < 1.29 is 9.84 Å². The highest BCUT2D eigenvalue weighted by Gasteiger charge is 2.20. The number of rotatable bonds is 3. The molecule has 2 rings (SSSR count). The lowest BCUT2D eigenvalue weighted by atomic mass is 10.1. The minimum absolute atomic E-state index is 0.328. The first-order chi connectivity index (χ1) is 8.61. The molecule has 1 unspecified atom stereocenters. The van der Waals surface area contributed by atoms with Gasteiger partial charge in [-0.2, -0.15) is 0 Å². The maximum absolute atomic E-state index is 9.62. The van der Waals surface area contributed by atoms with E-state index in [0.717, 1.165) is 36.2 Å². The summed E-state index contributed by atoms with van der Waals surface area (Å²) in [6, 6.07) is 6.14. The molecule has 1 aromatic rings. The molecule has 0 spiro atoms. The van der Waals surface area contributed by atoms with E-state index < -0.39 is 6.10 Å². The smallest absolute Gasteiger partial charge is 0.0772 e. The predicted octanol–water partition coefficient (Wildman–Crippen LogP) is 3.12. The third-order valence-electron chi connectivity index (χ3n) is 3.39. The van der Waals surface area contributed by atoms with Crippen LogP contribution in [0.1, 0.15) is 31.9 Å². The van der Waals surface area contributed by atoms with Crippen molar-refractivity contribution in [3.05, 3.63) is 28.2 Å². The standard InChI is InChI=1S/C14H20BrNO2/c1-3-12-9-16(6-7-18-12)11-4-5-13(10(2)17)14(15)8-11/h4-5,8,10,12,17H,3,6-7,9H2,1-2H3/t10-,12?/m1/s1. The first-order valence-corrected chi connectivity index (χ1v) is 7.25. The van der Waals surface area contributed by atoms with Gasteiger partial charge in [0.15, 0.2) is 0 Å². The van der Waals surface area contributed by atoms with Crippen LogP contribution in [0, 0.1) is 0 Å². The van der Waals surface area contributed by atoms with Gasteiger partial charge in [-0.15, -0.1) is 0 Å². The second kappa shape index (κ2) is 6.04. The van der Waals surface area contributed by atoms with Crippen molar-refractivity contribution in [2.75, 3.05) is 24.6 Å². The first-order valence-electron chi connectivity index (χ1n) is 6.46. The largest absolute Gasteiger partial charge is 0.389 e. The summed E-state index contributed by atoms with van der Waals surface area (Å²) in [5, 5.41) is 9.62. The molecule has 1 aliphatic heterocycles. The highest BCUT2D eigenvalue weighted by atomic mass is 79.9. The van der Waals surface area contributed by atoms with Gasteiger partial charge in [-0.1, -0.05) is 28.9 Å². The normalized spacial score (nSPS) is 22.0. The van der Waals surface area contributed by atoms with E-state index in [0.29, 0.717) is 6.10 Å². The van der Waals surface area contributed by atoms with Crippen LogP contribution in [0.15, 0.2) is 22.7 Å². The van der Waals surface area contributed by atoms with Gasteiger partial charge in [-0.3, -0.25) is 0 Å². The fourth-order valence-electron chi connectivity index (χ4n) is 2.25. The molecule has 1 fully saturated rings. The molecule has 1 saturated heterocycles. The van der Waals surface area contributed by atoms with E-state index in [1.807, 2.05) is 6.07 Å². The molecule has 0 aliphatic carbocycles. The monoisotopic (exact) mass is 313 g/mol. The van der Waals surface area contributed by atoms with Gasteiger partial charge in [0.2, 0.25) is 0 Å². The van der Waals surface area contributed by atoms with Gasteiger partial charge in [0, 0.05) is 23.2 Å². The van der Waals surface area contributed by atoms with Crippen LogP contribution in [0.2, 0.25) is 0 Å². The van der Waals surface area contributed by atoms with Crippen molar-refractivity contribution in [2.24, 2.45) is 0 Å². The fourth-order valence-corrected chi connectivity index (χ4v) is 2.95. The van der Waals surface area contributed by atoms with Crippen LogP contribution in [0.5, 0.6) is 0 Å². The Morgan fingerprint density at radius 2 is 2.33 bits per heavy atom. The lowest BCUT2D eigenvalue weighted by Gasteiger charge is -2.34. The third-order valence-corrected chi connectivity index (χ3v) is 4.08. The Hall–Kier alpha value is -0.580.